The lowest BCUT2D eigenvalue weighted by Crippen LogP contribution is -2.59. The highest BCUT2D eigenvalue weighted by atomic mass is 16.5. The first-order valence-electron chi connectivity index (χ1n) is 6.27. The maximum Gasteiger partial charge on any atom is 0.0902 e. The van der Waals surface area contributed by atoms with E-state index in [2.05, 4.69) is 31.0 Å². The van der Waals surface area contributed by atoms with Crippen molar-refractivity contribution in [3.05, 3.63) is 0 Å². The summed E-state index contributed by atoms with van der Waals surface area (Å²) in [6, 6.07) is 0. The summed E-state index contributed by atoms with van der Waals surface area (Å²) in [4.78, 5) is 2.50. The normalized spacial score (nSPS) is 19.2. The first kappa shape index (κ1) is 12.9. The van der Waals surface area contributed by atoms with Gasteiger partial charge in [-0.1, -0.05) is 13.8 Å². The third-order valence-electron chi connectivity index (χ3n) is 2.94. The van der Waals surface area contributed by atoms with E-state index in [0.717, 1.165) is 26.2 Å². The van der Waals surface area contributed by atoms with E-state index in [4.69, 9.17) is 4.74 Å². The highest BCUT2D eigenvalue weighted by Gasteiger charge is 2.32. The summed E-state index contributed by atoms with van der Waals surface area (Å²) in [5, 5.41) is 3.25. The van der Waals surface area contributed by atoms with Gasteiger partial charge in [-0.3, -0.25) is 0 Å². The van der Waals surface area contributed by atoms with Gasteiger partial charge < -0.3 is 15.0 Å². The molecule has 1 saturated heterocycles. The number of hydrogen-bond acceptors (Lipinski definition) is 3. The predicted molar refractivity (Wildman–Crippen MR) is 64.2 cm³/mol. The molecular formula is C12H26N2O. The fourth-order valence-corrected chi connectivity index (χ4v) is 1.97. The van der Waals surface area contributed by atoms with E-state index in [-0.39, 0.29) is 5.60 Å². The molecule has 0 atom stereocenters. The molecular weight excluding hydrogens is 188 g/mol. The largest absolute Gasteiger partial charge is 0.371 e. The van der Waals surface area contributed by atoms with E-state index in [0.29, 0.717) is 0 Å². The Hall–Kier alpha value is -0.120. The number of nitrogens with one attached hydrogen (secondary N) is 1. The molecule has 0 aromatic carbocycles. The van der Waals surface area contributed by atoms with Crippen LogP contribution in [0.25, 0.3) is 0 Å². The van der Waals surface area contributed by atoms with Gasteiger partial charge in [0.25, 0.3) is 0 Å². The Morgan fingerprint density at radius 1 is 1.13 bits per heavy atom. The van der Waals surface area contributed by atoms with Crippen LogP contribution >= 0.6 is 0 Å². The molecule has 1 N–H and O–H groups in total. The number of ether oxygens (including phenoxy) is 1. The maximum atomic E-state index is 5.88. The predicted octanol–water partition coefficient (Wildman–Crippen LogP) is 1.49. The van der Waals surface area contributed by atoms with E-state index in [1.165, 1.54) is 25.9 Å². The quantitative estimate of drug-likeness (QED) is 0.662. The third kappa shape index (κ3) is 4.49. The third-order valence-corrected chi connectivity index (χ3v) is 2.94. The second-order valence-electron chi connectivity index (χ2n) is 4.74. The van der Waals surface area contributed by atoms with Gasteiger partial charge in [-0.15, -0.1) is 0 Å². The summed E-state index contributed by atoms with van der Waals surface area (Å²) in [5.74, 6) is 0. The molecule has 0 aliphatic carbocycles. The lowest BCUT2D eigenvalue weighted by atomic mass is 10.0. The fourth-order valence-electron chi connectivity index (χ4n) is 1.97. The van der Waals surface area contributed by atoms with Gasteiger partial charge in [-0.2, -0.15) is 0 Å². The molecule has 0 aromatic heterocycles. The number of hydrogen-bond donors (Lipinski definition) is 1. The van der Waals surface area contributed by atoms with Crippen molar-refractivity contribution in [2.75, 3.05) is 39.3 Å². The Kier molecular flexibility index (Phi) is 5.58. The second-order valence-corrected chi connectivity index (χ2v) is 4.74. The molecule has 3 nitrogen and oxygen atoms in total. The van der Waals surface area contributed by atoms with Crippen LogP contribution < -0.4 is 5.32 Å². The van der Waals surface area contributed by atoms with Crippen molar-refractivity contribution in [2.24, 2.45) is 0 Å². The first-order valence-corrected chi connectivity index (χ1v) is 6.27. The topological polar surface area (TPSA) is 24.5 Å². The molecule has 1 aliphatic rings. The highest BCUT2D eigenvalue weighted by Crippen LogP contribution is 2.14. The van der Waals surface area contributed by atoms with Crippen molar-refractivity contribution in [3.8, 4) is 0 Å². The van der Waals surface area contributed by atoms with Crippen molar-refractivity contribution >= 4 is 0 Å². The summed E-state index contributed by atoms with van der Waals surface area (Å²) >= 11 is 0. The van der Waals surface area contributed by atoms with Crippen LogP contribution in [0.4, 0.5) is 0 Å². The SMILES string of the molecule is CCCN(CCC)CCOC1(C)CNC1. The summed E-state index contributed by atoms with van der Waals surface area (Å²) in [5.41, 5.74) is 0.115. The monoisotopic (exact) mass is 214 g/mol. The van der Waals surface area contributed by atoms with E-state index < -0.39 is 0 Å². The molecule has 90 valence electrons. The van der Waals surface area contributed by atoms with Crippen LogP contribution in [-0.4, -0.2) is 49.8 Å². The summed E-state index contributed by atoms with van der Waals surface area (Å²) in [7, 11) is 0. The number of nitrogens with zero attached hydrogens (tertiary/aromatic N) is 1. The molecule has 0 bridgehead atoms. The summed E-state index contributed by atoms with van der Waals surface area (Å²) < 4.78 is 5.88. The molecule has 0 amide bonds. The minimum Gasteiger partial charge on any atom is -0.371 e. The Morgan fingerprint density at radius 2 is 1.73 bits per heavy atom. The Bertz CT molecular complexity index is 163. The molecule has 1 rings (SSSR count). The van der Waals surface area contributed by atoms with E-state index in [9.17, 15) is 0 Å². The molecule has 0 radical (unpaired) electrons. The number of rotatable bonds is 8. The van der Waals surface area contributed by atoms with Crippen LogP contribution in [0.3, 0.4) is 0 Å². The minimum atomic E-state index is 0.115. The molecule has 3 heteroatoms. The van der Waals surface area contributed by atoms with Crippen LogP contribution in [0.1, 0.15) is 33.6 Å². The minimum absolute atomic E-state index is 0.115. The van der Waals surface area contributed by atoms with Gasteiger partial charge >= 0.3 is 0 Å². The molecule has 0 saturated carbocycles. The molecule has 1 fully saturated rings. The van der Waals surface area contributed by atoms with Crippen LogP contribution in [-0.2, 0) is 4.74 Å². The molecule has 15 heavy (non-hydrogen) atoms. The van der Waals surface area contributed by atoms with Gasteiger partial charge in [0.15, 0.2) is 0 Å². The average molecular weight is 214 g/mol. The zero-order chi connectivity index (χ0) is 11.1. The van der Waals surface area contributed by atoms with E-state index >= 15 is 0 Å². The van der Waals surface area contributed by atoms with E-state index in [1.807, 2.05) is 0 Å². The molecule has 0 spiro atoms. The summed E-state index contributed by atoms with van der Waals surface area (Å²) in [6.07, 6.45) is 2.47. The van der Waals surface area contributed by atoms with Gasteiger partial charge in [-0.05, 0) is 32.9 Å². The zero-order valence-corrected chi connectivity index (χ0v) is 10.5. The average Bonchev–Trinajstić information content (AvgIpc) is 2.16. The molecule has 0 unspecified atom stereocenters. The van der Waals surface area contributed by atoms with Crippen molar-refractivity contribution in [1.82, 2.24) is 10.2 Å². The van der Waals surface area contributed by atoms with Gasteiger partial charge in [-0.25, -0.2) is 0 Å². The molecule has 0 aromatic rings. The second kappa shape index (κ2) is 6.46. The van der Waals surface area contributed by atoms with Gasteiger partial charge in [0, 0.05) is 19.6 Å². The van der Waals surface area contributed by atoms with Crippen molar-refractivity contribution in [1.29, 1.82) is 0 Å². The lowest BCUT2D eigenvalue weighted by Gasteiger charge is -2.39. The van der Waals surface area contributed by atoms with Crippen molar-refractivity contribution < 1.29 is 4.74 Å². The molecule has 1 heterocycles. The van der Waals surface area contributed by atoms with Crippen molar-refractivity contribution in [3.63, 3.8) is 0 Å². The van der Waals surface area contributed by atoms with Gasteiger partial charge in [0.1, 0.15) is 0 Å². The fraction of sp³-hybridized carbons (Fsp3) is 1.00. The Labute approximate surface area is 94.2 Å². The van der Waals surface area contributed by atoms with Crippen LogP contribution in [0.2, 0.25) is 0 Å². The first-order chi connectivity index (χ1) is 7.20. The van der Waals surface area contributed by atoms with Gasteiger partial charge in [0.2, 0.25) is 0 Å². The standard InChI is InChI=1S/C12H26N2O/c1-4-6-14(7-5-2)8-9-15-12(3)10-13-11-12/h13H,4-11H2,1-3H3. The van der Waals surface area contributed by atoms with Gasteiger partial charge in [0.05, 0.1) is 12.2 Å². The lowest BCUT2D eigenvalue weighted by molar-refractivity contribution is -0.0721. The zero-order valence-electron chi connectivity index (χ0n) is 10.5. The smallest absolute Gasteiger partial charge is 0.0902 e. The molecule has 1 aliphatic heterocycles. The maximum absolute atomic E-state index is 5.88. The van der Waals surface area contributed by atoms with Crippen molar-refractivity contribution in [2.45, 2.75) is 39.2 Å². The van der Waals surface area contributed by atoms with Crippen LogP contribution in [0, 0.1) is 0 Å². The van der Waals surface area contributed by atoms with Crippen LogP contribution in [0.5, 0.6) is 0 Å². The summed E-state index contributed by atoms with van der Waals surface area (Å²) in [6.45, 7) is 13.0. The van der Waals surface area contributed by atoms with E-state index in [1.54, 1.807) is 0 Å². The highest BCUT2D eigenvalue weighted by molar-refractivity contribution is 4.90. The Balaban J connectivity index is 2.09. The Morgan fingerprint density at radius 3 is 2.13 bits per heavy atom. The van der Waals surface area contributed by atoms with Crippen LogP contribution in [0.15, 0.2) is 0 Å².